The molecule has 0 aromatic heterocycles. The molecule has 1 fully saturated rings. The van der Waals surface area contributed by atoms with Gasteiger partial charge in [0.25, 0.3) is 0 Å². The summed E-state index contributed by atoms with van der Waals surface area (Å²) in [6, 6.07) is 3.86. The van der Waals surface area contributed by atoms with Crippen LogP contribution in [0.25, 0.3) is 0 Å². The topological polar surface area (TPSA) is 77.0 Å². The van der Waals surface area contributed by atoms with Gasteiger partial charge in [0, 0.05) is 32.7 Å². The van der Waals surface area contributed by atoms with Gasteiger partial charge in [0.05, 0.1) is 12.0 Å². The molecule has 0 unspecified atom stereocenters. The second-order valence-electron chi connectivity index (χ2n) is 8.64. The van der Waals surface area contributed by atoms with Gasteiger partial charge in [0.15, 0.2) is 5.96 Å². The van der Waals surface area contributed by atoms with E-state index in [-0.39, 0.29) is 35.3 Å². The number of hydrogen-bond donors (Lipinski definition) is 3. The number of hydrogen-bond acceptors (Lipinski definition) is 3. The van der Waals surface area contributed by atoms with Crippen LogP contribution in [0.5, 0.6) is 5.75 Å². The van der Waals surface area contributed by atoms with E-state index in [0.29, 0.717) is 24.8 Å². The van der Waals surface area contributed by atoms with E-state index in [1.54, 1.807) is 11.0 Å². The van der Waals surface area contributed by atoms with E-state index in [1.807, 2.05) is 21.0 Å². The first-order valence-corrected chi connectivity index (χ1v) is 11.0. The molecule has 0 spiro atoms. The van der Waals surface area contributed by atoms with E-state index in [1.165, 1.54) is 24.0 Å². The number of aliphatic imine (C=N–C) groups is 1. The third-order valence-corrected chi connectivity index (χ3v) is 6.38. The van der Waals surface area contributed by atoms with Crippen molar-refractivity contribution in [3.63, 3.8) is 0 Å². The maximum atomic E-state index is 12.8. The second-order valence-corrected chi connectivity index (χ2v) is 8.64. The quantitative estimate of drug-likeness (QED) is 0.300. The number of nitrogens with zero attached hydrogens (tertiary/aromatic N) is 2. The fourth-order valence-electron chi connectivity index (χ4n) is 4.81. The van der Waals surface area contributed by atoms with Gasteiger partial charge in [-0.1, -0.05) is 18.9 Å². The van der Waals surface area contributed by atoms with Gasteiger partial charge in [-0.25, -0.2) is 4.99 Å². The summed E-state index contributed by atoms with van der Waals surface area (Å²) in [4.78, 5) is 19.3. The predicted octanol–water partition coefficient (Wildman–Crippen LogP) is 3.59. The van der Waals surface area contributed by atoms with Gasteiger partial charge in [-0.15, -0.1) is 24.0 Å². The van der Waals surface area contributed by atoms with Crippen molar-refractivity contribution >= 4 is 35.8 Å². The Bertz CT molecular complexity index is 758. The number of benzene rings is 1. The van der Waals surface area contributed by atoms with Crippen LogP contribution >= 0.6 is 24.0 Å². The molecule has 0 saturated heterocycles. The van der Waals surface area contributed by atoms with E-state index in [0.717, 1.165) is 50.6 Å². The van der Waals surface area contributed by atoms with Gasteiger partial charge in [0.2, 0.25) is 5.91 Å². The van der Waals surface area contributed by atoms with E-state index in [4.69, 9.17) is 4.99 Å². The molecular weight excluding hydrogens is 491 g/mol. The molecule has 0 heterocycles. The van der Waals surface area contributed by atoms with Gasteiger partial charge in [0.1, 0.15) is 5.75 Å². The molecule has 1 amide bonds. The summed E-state index contributed by atoms with van der Waals surface area (Å²) in [5.74, 6) is 1.24. The molecule has 0 bridgehead atoms. The highest BCUT2D eigenvalue weighted by molar-refractivity contribution is 14.0. The van der Waals surface area contributed by atoms with Crippen LogP contribution in [0.4, 0.5) is 0 Å². The number of phenols is 1. The van der Waals surface area contributed by atoms with Crippen LogP contribution in [0.1, 0.15) is 62.1 Å². The number of nitrogens with one attached hydrogen (secondary N) is 2. The number of amides is 1. The van der Waals surface area contributed by atoms with E-state index in [9.17, 15) is 9.90 Å². The highest BCUT2D eigenvalue weighted by Gasteiger charge is 2.42. The number of phenolic OH excluding ortho intramolecular Hbond substituents is 1. The van der Waals surface area contributed by atoms with E-state index < -0.39 is 0 Å². The highest BCUT2D eigenvalue weighted by atomic mass is 127. The molecular formula is C23H37IN4O2. The normalized spacial score (nSPS) is 17.6. The molecule has 0 atom stereocenters. The number of carbonyl (C=O) groups excluding carboxylic acids is 1. The Labute approximate surface area is 197 Å². The number of rotatable bonds is 6. The smallest absolute Gasteiger partial charge is 0.230 e. The van der Waals surface area contributed by atoms with Crippen molar-refractivity contribution < 1.29 is 9.90 Å². The molecule has 2 aliphatic carbocycles. The second kappa shape index (κ2) is 11.2. The van der Waals surface area contributed by atoms with Crippen molar-refractivity contribution in [2.45, 2.75) is 64.8 Å². The molecule has 168 valence electrons. The van der Waals surface area contributed by atoms with Crippen molar-refractivity contribution in [2.75, 3.05) is 27.2 Å². The minimum absolute atomic E-state index is 0. The van der Waals surface area contributed by atoms with Crippen LogP contribution in [0, 0.1) is 5.41 Å². The monoisotopic (exact) mass is 528 g/mol. The van der Waals surface area contributed by atoms with Gasteiger partial charge in [-0.3, -0.25) is 4.79 Å². The molecule has 3 N–H and O–H groups in total. The Balaban J connectivity index is 0.00000320. The first-order valence-electron chi connectivity index (χ1n) is 11.0. The van der Waals surface area contributed by atoms with Crippen molar-refractivity contribution in [1.82, 2.24) is 15.5 Å². The third kappa shape index (κ3) is 5.59. The van der Waals surface area contributed by atoms with Crippen molar-refractivity contribution in [3.05, 3.63) is 28.8 Å². The van der Waals surface area contributed by atoms with Crippen molar-refractivity contribution in [1.29, 1.82) is 0 Å². The Morgan fingerprint density at radius 2 is 1.83 bits per heavy atom. The zero-order valence-corrected chi connectivity index (χ0v) is 20.9. The molecule has 6 nitrogen and oxygen atoms in total. The Hall–Kier alpha value is -1.51. The van der Waals surface area contributed by atoms with Crippen LogP contribution in [0.3, 0.4) is 0 Å². The van der Waals surface area contributed by atoms with Gasteiger partial charge >= 0.3 is 0 Å². The Kier molecular flexibility index (Phi) is 9.25. The van der Waals surface area contributed by atoms with Gasteiger partial charge in [-0.05, 0) is 62.6 Å². The molecule has 1 saturated carbocycles. The van der Waals surface area contributed by atoms with Crippen LogP contribution in [0.2, 0.25) is 0 Å². The number of carbonyl (C=O) groups is 1. The maximum absolute atomic E-state index is 12.8. The van der Waals surface area contributed by atoms with Gasteiger partial charge < -0.3 is 20.6 Å². The maximum Gasteiger partial charge on any atom is 0.230 e. The summed E-state index contributed by atoms with van der Waals surface area (Å²) >= 11 is 0. The average Bonchev–Trinajstić information content (AvgIpc) is 3.20. The zero-order valence-electron chi connectivity index (χ0n) is 18.6. The summed E-state index contributed by atoms with van der Waals surface area (Å²) in [7, 11) is 3.67. The number of aromatic hydroxyl groups is 1. The molecule has 3 rings (SSSR count). The SMILES string of the molecule is CCNC(=NCc1c(O)ccc2c1CCCC2)NCC1(C(=O)N(C)C)CCCC1.I. The fraction of sp³-hybridized carbons (Fsp3) is 0.652. The Morgan fingerprint density at radius 3 is 2.50 bits per heavy atom. The highest BCUT2D eigenvalue weighted by Crippen LogP contribution is 2.39. The van der Waals surface area contributed by atoms with Gasteiger partial charge in [-0.2, -0.15) is 0 Å². The Morgan fingerprint density at radius 1 is 1.13 bits per heavy atom. The summed E-state index contributed by atoms with van der Waals surface area (Å²) in [6.45, 7) is 3.82. The van der Waals surface area contributed by atoms with E-state index in [2.05, 4.69) is 16.7 Å². The van der Waals surface area contributed by atoms with Crippen molar-refractivity contribution in [3.8, 4) is 5.75 Å². The average molecular weight is 528 g/mol. The number of aryl methyl sites for hydroxylation is 1. The fourth-order valence-corrected chi connectivity index (χ4v) is 4.81. The van der Waals surface area contributed by atoms with Crippen LogP contribution in [0.15, 0.2) is 17.1 Å². The molecule has 2 aliphatic rings. The zero-order chi connectivity index (χ0) is 20.9. The largest absolute Gasteiger partial charge is 0.508 e. The molecule has 1 aromatic rings. The number of halogens is 1. The summed E-state index contributed by atoms with van der Waals surface area (Å²) in [6.07, 6.45) is 8.51. The predicted molar refractivity (Wildman–Crippen MR) is 133 cm³/mol. The number of fused-ring (bicyclic) bond motifs is 1. The molecule has 7 heteroatoms. The minimum Gasteiger partial charge on any atom is -0.508 e. The van der Waals surface area contributed by atoms with Crippen LogP contribution in [-0.4, -0.2) is 49.1 Å². The lowest BCUT2D eigenvalue weighted by Gasteiger charge is -2.31. The lowest BCUT2D eigenvalue weighted by atomic mass is 9.84. The third-order valence-electron chi connectivity index (χ3n) is 6.38. The van der Waals surface area contributed by atoms with Crippen LogP contribution in [-0.2, 0) is 24.2 Å². The summed E-state index contributed by atoms with van der Waals surface area (Å²) in [5.41, 5.74) is 3.22. The summed E-state index contributed by atoms with van der Waals surface area (Å²) < 4.78 is 0. The first-order chi connectivity index (χ1) is 14.0. The lowest BCUT2D eigenvalue weighted by molar-refractivity contribution is -0.138. The minimum atomic E-state index is -0.340. The standard InChI is InChI=1S/C23H36N4O2.HI/c1-4-24-22(26-16-23(13-7-8-14-23)21(29)27(2)3)25-15-19-18-10-6-5-9-17(18)11-12-20(19)28;/h11-12,28H,4-10,13-16H2,1-3H3,(H2,24,25,26);1H. The lowest BCUT2D eigenvalue weighted by Crippen LogP contribution is -2.49. The first kappa shape index (κ1) is 24.8. The van der Waals surface area contributed by atoms with E-state index >= 15 is 0 Å². The van der Waals surface area contributed by atoms with Crippen LogP contribution < -0.4 is 10.6 Å². The molecule has 30 heavy (non-hydrogen) atoms. The number of guanidine groups is 1. The summed E-state index contributed by atoms with van der Waals surface area (Å²) in [5, 5.41) is 17.1. The molecule has 0 aliphatic heterocycles. The molecule has 1 aromatic carbocycles. The van der Waals surface area contributed by atoms with Crippen molar-refractivity contribution in [2.24, 2.45) is 10.4 Å². The molecule has 0 radical (unpaired) electrons.